The molecule has 0 aliphatic carbocycles. The lowest BCUT2D eigenvalue weighted by Gasteiger charge is -2.42. The summed E-state index contributed by atoms with van der Waals surface area (Å²) in [5.41, 5.74) is 1.00. The number of carbonyl (C=O) groups excluding carboxylic acids is 3. The van der Waals surface area contributed by atoms with Crippen LogP contribution in [0.3, 0.4) is 0 Å². The normalized spacial score (nSPS) is 25.7. The molecule has 0 saturated carbocycles. The molecule has 0 bridgehead atoms. The van der Waals surface area contributed by atoms with Crippen LogP contribution in [-0.4, -0.2) is 86.7 Å². The van der Waals surface area contributed by atoms with E-state index >= 15 is 0 Å². The number of likely N-dealkylation sites (N-methyl/N-ethyl adjacent to an activating group) is 1. The quantitative estimate of drug-likeness (QED) is 0.739. The molecule has 3 aliphatic heterocycles. The third-order valence-corrected chi connectivity index (χ3v) is 6.77. The summed E-state index contributed by atoms with van der Waals surface area (Å²) in [4.78, 5) is 41.3. The highest BCUT2D eigenvalue weighted by molar-refractivity contribution is 6.00. The van der Waals surface area contributed by atoms with Crippen LogP contribution in [0.2, 0.25) is 0 Å². The Labute approximate surface area is 194 Å². The molecule has 2 fully saturated rings. The summed E-state index contributed by atoms with van der Waals surface area (Å²) in [6.45, 7) is 1.47. The van der Waals surface area contributed by atoms with Gasteiger partial charge in [-0.25, -0.2) is 0 Å². The first kappa shape index (κ1) is 23.5. The maximum Gasteiger partial charge on any atom is 0.257 e. The third kappa shape index (κ3) is 5.30. The van der Waals surface area contributed by atoms with Crippen LogP contribution in [0.25, 0.3) is 0 Å². The fraction of sp³-hybridized carbons (Fsp3) is 0.625. The second-order valence-electron chi connectivity index (χ2n) is 9.25. The zero-order valence-electron chi connectivity index (χ0n) is 19.5. The van der Waals surface area contributed by atoms with E-state index in [0.29, 0.717) is 55.9 Å². The summed E-state index contributed by atoms with van der Waals surface area (Å²) >= 11 is 0. The molecule has 180 valence electrons. The molecule has 0 radical (unpaired) electrons. The number of rotatable bonds is 4. The van der Waals surface area contributed by atoms with Crippen LogP contribution in [0, 0.1) is 5.92 Å². The van der Waals surface area contributed by atoms with Crippen LogP contribution in [0.1, 0.15) is 42.5 Å². The lowest BCUT2D eigenvalue weighted by Crippen LogP contribution is -2.53. The number of nitrogens with zero attached hydrogens (tertiary/aromatic N) is 2. The van der Waals surface area contributed by atoms with Crippen molar-refractivity contribution < 1.29 is 28.6 Å². The molecule has 3 amide bonds. The summed E-state index contributed by atoms with van der Waals surface area (Å²) in [7, 11) is 5.24. The smallest absolute Gasteiger partial charge is 0.257 e. The van der Waals surface area contributed by atoms with Gasteiger partial charge in [-0.05, 0) is 43.9 Å². The fourth-order valence-electron chi connectivity index (χ4n) is 4.69. The highest BCUT2D eigenvalue weighted by Crippen LogP contribution is 2.33. The minimum atomic E-state index is -0.311. The number of anilines is 1. The van der Waals surface area contributed by atoms with Crippen molar-refractivity contribution in [2.24, 2.45) is 5.92 Å². The Morgan fingerprint density at radius 3 is 2.64 bits per heavy atom. The molecule has 0 spiro atoms. The van der Waals surface area contributed by atoms with Crippen LogP contribution in [0.15, 0.2) is 18.2 Å². The Morgan fingerprint density at radius 1 is 1.15 bits per heavy atom. The van der Waals surface area contributed by atoms with E-state index in [-0.39, 0.29) is 48.5 Å². The van der Waals surface area contributed by atoms with Gasteiger partial charge < -0.3 is 29.3 Å². The number of ether oxygens (including phenoxy) is 3. The molecule has 1 aromatic rings. The van der Waals surface area contributed by atoms with Crippen molar-refractivity contribution in [3.05, 3.63) is 23.8 Å². The van der Waals surface area contributed by atoms with Crippen molar-refractivity contribution in [2.75, 3.05) is 46.3 Å². The summed E-state index contributed by atoms with van der Waals surface area (Å²) in [5.74, 6) is 0.181. The lowest BCUT2D eigenvalue weighted by atomic mass is 9.94. The predicted octanol–water partition coefficient (Wildman–Crippen LogP) is 1.91. The van der Waals surface area contributed by atoms with Gasteiger partial charge in [0, 0.05) is 46.0 Å². The van der Waals surface area contributed by atoms with Crippen molar-refractivity contribution in [3.8, 4) is 5.75 Å². The average molecular weight is 460 g/mol. The van der Waals surface area contributed by atoms with Gasteiger partial charge in [0.05, 0.1) is 24.1 Å². The molecule has 9 heteroatoms. The van der Waals surface area contributed by atoms with Gasteiger partial charge in [-0.3, -0.25) is 14.4 Å². The monoisotopic (exact) mass is 459 g/mol. The van der Waals surface area contributed by atoms with Gasteiger partial charge in [-0.15, -0.1) is 0 Å². The number of hydrogen-bond acceptors (Lipinski definition) is 6. The Morgan fingerprint density at radius 2 is 1.91 bits per heavy atom. The minimum Gasteiger partial charge on any atom is -0.490 e. The van der Waals surface area contributed by atoms with E-state index in [1.54, 1.807) is 49.1 Å². The molecule has 33 heavy (non-hydrogen) atoms. The summed E-state index contributed by atoms with van der Waals surface area (Å²) in [5, 5.41) is 2.94. The van der Waals surface area contributed by atoms with Crippen LogP contribution < -0.4 is 10.1 Å². The van der Waals surface area contributed by atoms with Crippen molar-refractivity contribution in [2.45, 2.75) is 50.4 Å². The zero-order valence-corrected chi connectivity index (χ0v) is 19.5. The number of fused-ring (bicyclic) bond motifs is 2. The molecule has 1 aromatic carbocycles. The van der Waals surface area contributed by atoms with Crippen LogP contribution >= 0.6 is 0 Å². The first-order valence-electron chi connectivity index (χ1n) is 11.6. The fourth-order valence-corrected chi connectivity index (χ4v) is 4.69. The number of hydrogen-bond donors (Lipinski definition) is 1. The van der Waals surface area contributed by atoms with Crippen molar-refractivity contribution in [1.82, 2.24) is 9.80 Å². The van der Waals surface area contributed by atoms with Crippen molar-refractivity contribution in [1.29, 1.82) is 0 Å². The van der Waals surface area contributed by atoms with E-state index in [1.165, 1.54) is 0 Å². The van der Waals surface area contributed by atoms with E-state index in [9.17, 15) is 14.4 Å². The Hall–Kier alpha value is -2.65. The average Bonchev–Trinajstić information content (AvgIpc) is 2.82. The molecule has 1 N–H and O–H groups in total. The van der Waals surface area contributed by atoms with Gasteiger partial charge in [0.15, 0.2) is 0 Å². The predicted molar refractivity (Wildman–Crippen MR) is 121 cm³/mol. The molecule has 0 aromatic heterocycles. The van der Waals surface area contributed by atoms with Crippen molar-refractivity contribution in [3.63, 3.8) is 0 Å². The van der Waals surface area contributed by atoms with Gasteiger partial charge in [0.1, 0.15) is 18.5 Å². The molecule has 4 rings (SSSR count). The van der Waals surface area contributed by atoms with E-state index in [0.717, 1.165) is 6.42 Å². The summed E-state index contributed by atoms with van der Waals surface area (Å²) < 4.78 is 17.5. The van der Waals surface area contributed by atoms with Crippen molar-refractivity contribution >= 4 is 23.4 Å². The maximum atomic E-state index is 13.3. The van der Waals surface area contributed by atoms with E-state index < -0.39 is 0 Å². The lowest BCUT2D eigenvalue weighted by molar-refractivity contribution is -0.140. The van der Waals surface area contributed by atoms with Gasteiger partial charge in [-0.1, -0.05) is 0 Å². The van der Waals surface area contributed by atoms with Gasteiger partial charge in [0.25, 0.3) is 5.91 Å². The molecule has 3 heterocycles. The molecule has 3 atom stereocenters. The molecule has 2 saturated heterocycles. The summed E-state index contributed by atoms with van der Waals surface area (Å²) in [6, 6.07) is 5.02. The van der Waals surface area contributed by atoms with Crippen LogP contribution in [0.5, 0.6) is 5.75 Å². The maximum absolute atomic E-state index is 13.3. The van der Waals surface area contributed by atoms with Crippen LogP contribution in [0.4, 0.5) is 5.69 Å². The molecular formula is C24H33N3O6. The van der Waals surface area contributed by atoms with Crippen LogP contribution in [-0.2, 0) is 19.1 Å². The zero-order chi connectivity index (χ0) is 23.5. The molecule has 9 nitrogen and oxygen atoms in total. The number of nitrogens with one attached hydrogen (secondary N) is 1. The standard InChI is InChI=1S/C24H33N3O6/c1-26(2)22(28)13-17-5-6-19-21(33-17)14-32-20-7-4-16(12-18(20)24(30)27(19)3)25-23(29)15-8-10-31-11-9-15/h4,7,12,15,17,19,21H,5-6,8-11,13-14H2,1-3H3,(H,25,29)/t17-,19-,21-/m1/s1. The van der Waals surface area contributed by atoms with Gasteiger partial charge >= 0.3 is 0 Å². The highest BCUT2D eigenvalue weighted by Gasteiger charge is 2.39. The van der Waals surface area contributed by atoms with E-state index in [4.69, 9.17) is 14.2 Å². The number of benzene rings is 1. The molecule has 0 unspecified atom stereocenters. The highest BCUT2D eigenvalue weighted by atomic mass is 16.5. The molecule has 3 aliphatic rings. The first-order chi connectivity index (χ1) is 15.8. The summed E-state index contributed by atoms with van der Waals surface area (Å²) in [6.07, 6.45) is 2.66. The minimum absolute atomic E-state index is 0.0234. The largest absolute Gasteiger partial charge is 0.490 e. The SMILES string of the molecule is CN(C)C(=O)C[C@H]1CC[C@@H]2[C@@H](COc3ccc(NC(=O)C4CCOCC4)cc3C(=O)N2C)O1. The second kappa shape index (κ2) is 10.1. The molecular weight excluding hydrogens is 426 g/mol. The van der Waals surface area contributed by atoms with Gasteiger partial charge in [0.2, 0.25) is 11.8 Å². The third-order valence-electron chi connectivity index (χ3n) is 6.77. The topological polar surface area (TPSA) is 97.4 Å². The number of amides is 3. The second-order valence-corrected chi connectivity index (χ2v) is 9.25. The Kier molecular flexibility index (Phi) is 7.19. The Bertz CT molecular complexity index is 898. The Balaban J connectivity index is 1.47. The number of carbonyl (C=O) groups is 3. The van der Waals surface area contributed by atoms with E-state index in [2.05, 4.69) is 5.32 Å². The first-order valence-corrected chi connectivity index (χ1v) is 11.6. The van der Waals surface area contributed by atoms with E-state index in [1.807, 2.05) is 0 Å². The van der Waals surface area contributed by atoms with Gasteiger partial charge in [-0.2, -0.15) is 0 Å².